The molecule has 1 atom stereocenters. The fourth-order valence-corrected chi connectivity index (χ4v) is 5.73. The summed E-state index contributed by atoms with van der Waals surface area (Å²) in [6.45, 7) is 0. The predicted molar refractivity (Wildman–Crippen MR) is 125 cm³/mol. The first kappa shape index (κ1) is 20.3. The van der Waals surface area contributed by atoms with Crippen molar-refractivity contribution in [2.75, 3.05) is 12.4 Å². The van der Waals surface area contributed by atoms with Crippen molar-refractivity contribution in [1.29, 1.82) is 0 Å². The van der Waals surface area contributed by atoms with Crippen LogP contribution in [0.2, 0.25) is 5.02 Å². The van der Waals surface area contributed by atoms with E-state index in [1.54, 1.807) is 7.11 Å². The lowest BCUT2D eigenvalue weighted by molar-refractivity contribution is -0.133. The highest BCUT2D eigenvalue weighted by Gasteiger charge is 2.51. The zero-order valence-electron chi connectivity index (χ0n) is 17.7. The fraction of sp³-hybridized carbons (Fsp3) is 0.385. The third kappa shape index (κ3) is 3.78. The second-order valence-corrected chi connectivity index (χ2v) is 9.44. The van der Waals surface area contributed by atoms with Crippen LogP contribution in [0.15, 0.2) is 54.7 Å². The van der Waals surface area contributed by atoms with E-state index in [1.165, 1.54) is 10.9 Å². The van der Waals surface area contributed by atoms with Crippen LogP contribution in [-0.4, -0.2) is 18.0 Å². The van der Waals surface area contributed by atoms with Crippen LogP contribution in [0.4, 0.5) is 5.69 Å². The number of carbonyl (C=O) groups excluding carboxylic acids is 1. The number of carbonyl (C=O) groups is 1. The molecule has 2 saturated carbocycles. The first-order chi connectivity index (χ1) is 15.1. The summed E-state index contributed by atoms with van der Waals surface area (Å²) in [6.07, 6.45) is 8.49. The minimum atomic E-state index is 0.110. The number of fused-ring (bicyclic) bond motifs is 1. The third-order valence-corrected chi connectivity index (χ3v) is 7.75. The minimum Gasteiger partial charge on any atom is -0.497 e. The molecule has 1 aromatic heterocycles. The molecule has 1 N–H and O–H groups in total. The van der Waals surface area contributed by atoms with Crippen LogP contribution in [0.3, 0.4) is 0 Å². The first-order valence-corrected chi connectivity index (χ1v) is 11.4. The van der Waals surface area contributed by atoms with Gasteiger partial charge in [-0.25, -0.2) is 0 Å². The van der Waals surface area contributed by atoms with E-state index < -0.39 is 0 Å². The summed E-state index contributed by atoms with van der Waals surface area (Å²) in [7, 11) is 1.70. The molecule has 0 radical (unpaired) electrons. The lowest BCUT2D eigenvalue weighted by Crippen LogP contribution is -2.48. The first-order valence-electron chi connectivity index (χ1n) is 11.1. The molecule has 0 saturated heterocycles. The van der Waals surface area contributed by atoms with Gasteiger partial charge in [0.2, 0.25) is 5.91 Å². The van der Waals surface area contributed by atoms with Crippen LogP contribution in [0.25, 0.3) is 10.9 Å². The van der Waals surface area contributed by atoms with Gasteiger partial charge in [-0.15, -0.1) is 0 Å². The van der Waals surface area contributed by atoms with Crippen molar-refractivity contribution in [2.24, 2.45) is 11.3 Å². The topological polar surface area (TPSA) is 51.2 Å². The van der Waals surface area contributed by atoms with Gasteiger partial charge >= 0.3 is 0 Å². The number of aromatic nitrogens is 1. The number of amides is 1. The average molecular weight is 435 g/mol. The SMILES string of the molecule is COc1ccc2nccc(C3CCC4(CC3)CC[C@@H]4C(=O)Nc3ccc(Cl)cc3)c2c1. The van der Waals surface area contributed by atoms with Crippen molar-refractivity contribution >= 4 is 34.1 Å². The van der Waals surface area contributed by atoms with Gasteiger partial charge in [-0.3, -0.25) is 9.78 Å². The van der Waals surface area contributed by atoms with Gasteiger partial charge in [0, 0.05) is 28.2 Å². The number of pyridine rings is 1. The fourth-order valence-electron chi connectivity index (χ4n) is 5.60. The number of ether oxygens (including phenoxy) is 1. The number of nitrogens with one attached hydrogen (secondary N) is 1. The molecule has 31 heavy (non-hydrogen) atoms. The number of hydrogen-bond donors (Lipinski definition) is 1. The normalized spacial score (nSPS) is 25.2. The Morgan fingerprint density at radius 1 is 1.06 bits per heavy atom. The number of anilines is 1. The summed E-state index contributed by atoms with van der Waals surface area (Å²) in [5.74, 6) is 1.64. The highest BCUT2D eigenvalue weighted by molar-refractivity contribution is 6.30. The van der Waals surface area contributed by atoms with E-state index in [-0.39, 0.29) is 17.2 Å². The molecular formula is C26H27ClN2O2. The summed E-state index contributed by atoms with van der Waals surface area (Å²) < 4.78 is 5.44. The zero-order valence-corrected chi connectivity index (χ0v) is 18.5. The number of halogens is 1. The Balaban J connectivity index is 1.29. The molecular weight excluding hydrogens is 408 g/mol. The van der Waals surface area contributed by atoms with E-state index >= 15 is 0 Å². The van der Waals surface area contributed by atoms with Crippen molar-refractivity contribution in [3.8, 4) is 5.75 Å². The quantitative estimate of drug-likeness (QED) is 0.503. The standard InChI is InChI=1S/C26H27ClN2O2/c1-31-20-6-7-24-22(16-20)21(11-15-28-24)17-8-12-26(13-9-17)14-10-23(26)25(30)29-19-4-2-18(27)3-5-19/h2-7,11,15-17,23H,8-10,12-14H2,1H3,(H,29,30)/t17?,23-,26?/m1/s1. The largest absolute Gasteiger partial charge is 0.497 e. The van der Waals surface area contributed by atoms with Crippen LogP contribution in [-0.2, 0) is 4.79 Å². The molecule has 5 heteroatoms. The van der Waals surface area contributed by atoms with Crippen LogP contribution in [0, 0.1) is 11.3 Å². The summed E-state index contributed by atoms with van der Waals surface area (Å²) >= 11 is 5.96. The lowest BCUT2D eigenvalue weighted by Gasteiger charge is -2.52. The van der Waals surface area contributed by atoms with Crippen molar-refractivity contribution in [3.05, 3.63) is 65.3 Å². The van der Waals surface area contributed by atoms with E-state index in [2.05, 4.69) is 22.4 Å². The molecule has 160 valence electrons. The smallest absolute Gasteiger partial charge is 0.228 e. The summed E-state index contributed by atoms with van der Waals surface area (Å²) in [4.78, 5) is 17.5. The zero-order chi connectivity index (χ0) is 21.4. The summed E-state index contributed by atoms with van der Waals surface area (Å²) in [5.41, 5.74) is 3.36. The van der Waals surface area contributed by atoms with Crippen LogP contribution >= 0.6 is 11.6 Å². The van der Waals surface area contributed by atoms with Gasteiger partial charge in [0.15, 0.2) is 0 Å². The highest BCUT2D eigenvalue weighted by Crippen LogP contribution is 2.58. The van der Waals surface area contributed by atoms with Crippen molar-refractivity contribution in [3.63, 3.8) is 0 Å². The maximum atomic E-state index is 13.0. The maximum Gasteiger partial charge on any atom is 0.228 e. The van der Waals surface area contributed by atoms with Crippen LogP contribution < -0.4 is 10.1 Å². The van der Waals surface area contributed by atoms with Gasteiger partial charge in [-0.2, -0.15) is 0 Å². The Morgan fingerprint density at radius 3 is 2.48 bits per heavy atom. The van der Waals surface area contributed by atoms with Crippen LogP contribution in [0.5, 0.6) is 5.75 Å². The molecule has 0 unspecified atom stereocenters. The number of rotatable bonds is 4. The maximum absolute atomic E-state index is 13.0. The van der Waals surface area contributed by atoms with Gasteiger partial charge < -0.3 is 10.1 Å². The van der Waals surface area contributed by atoms with Gasteiger partial charge in [-0.05, 0) is 104 Å². The molecule has 2 fully saturated rings. The van der Waals surface area contributed by atoms with Crippen LogP contribution in [0.1, 0.15) is 50.0 Å². The van der Waals surface area contributed by atoms with Gasteiger partial charge in [0.1, 0.15) is 5.75 Å². The van der Waals surface area contributed by atoms with Gasteiger partial charge in [-0.1, -0.05) is 11.6 Å². The number of benzene rings is 2. The molecule has 4 nitrogen and oxygen atoms in total. The Kier molecular flexibility index (Phi) is 5.35. The van der Waals surface area contributed by atoms with E-state index in [0.717, 1.165) is 55.5 Å². The van der Waals surface area contributed by atoms with Crippen molar-refractivity contribution in [1.82, 2.24) is 4.98 Å². The molecule has 1 heterocycles. The Hall–Kier alpha value is -2.59. The minimum absolute atomic E-state index is 0.110. The van der Waals surface area contributed by atoms with Crippen molar-refractivity contribution in [2.45, 2.75) is 44.4 Å². The van der Waals surface area contributed by atoms with Gasteiger partial charge in [0.05, 0.1) is 12.6 Å². The van der Waals surface area contributed by atoms with Gasteiger partial charge in [0.25, 0.3) is 0 Å². The molecule has 2 aromatic carbocycles. The summed E-state index contributed by atoms with van der Waals surface area (Å²) in [5, 5.41) is 4.97. The Morgan fingerprint density at radius 2 is 1.81 bits per heavy atom. The van der Waals surface area contributed by atoms with Crippen molar-refractivity contribution < 1.29 is 9.53 Å². The lowest BCUT2D eigenvalue weighted by atomic mass is 9.52. The highest BCUT2D eigenvalue weighted by atomic mass is 35.5. The third-order valence-electron chi connectivity index (χ3n) is 7.50. The average Bonchev–Trinajstić information content (AvgIpc) is 2.79. The summed E-state index contributed by atoms with van der Waals surface area (Å²) in [6, 6.07) is 15.6. The molecule has 0 aliphatic heterocycles. The Bertz CT molecular complexity index is 1100. The molecule has 2 aliphatic rings. The second kappa shape index (κ2) is 8.16. The molecule has 1 spiro atoms. The number of nitrogens with zero attached hydrogens (tertiary/aromatic N) is 1. The molecule has 3 aromatic rings. The molecule has 1 amide bonds. The van der Waals surface area contributed by atoms with E-state index in [1.807, 2.05) is 42.6 Å². The predicted octanol–water partition coefficient (Wildman–Crippen LogP) is 6.59. The van der Waals surface area contributed by atoms with E-state index in [4.69, 9.17) is 16.3 Å². The van der Waals surface area contributed by atoms with E-state index in [9.17, 15) is 4.79 Å². The molecule has 2 aliphatic carbocycles. The second-order valence-electron chi connectivity index (χ2n) is 9.01. The monoisotopic (exact) mass is 434 g/mol. The number of methoxy groups -OCH3 is 1. The molecule has 0 bridgehead atoms. The Labute approximate surface area is 188 Å². The number of hydrogen-bond acceptors (Lipinski definition) is 3. The van der Waals surface area contributed by atoms with E-state index in [0.29, 0.717) is 10.9 Å². The molecule has 5 rings (SSSR count).